The smallest absolute Gasteiger partial charge is 0.145 e. The lowest BCUT2D eigenvalue weighted by molar-refractivity contribution is 0.597. The van der Waals surface area contributed by atoms with Gasteiger partial charge in [-0.2, -0.15) is 10.5 Å². The van der Waals surface area contributed by atoms with Crippen LogP contribution in [0.25, 0.3) is 0 Å². The highest BCUT2D eigenvalue weighted by atomic mass is 79.9. The van der Waals surface area contributed by atoms with Crippen molar-refractivity contribution in [2.75, 3.05) is 0 Å². The van der Waals surface area contributed by atoms with Gasteiger partial charge in [-0.25, -0.2) is 4.39 Å². The average molecular weight is 280 g/mol. The van der Waals surface area contributed by atoms with E-state index >= 15 is 0 Å². The van der Waals surface area contributed by atoms with Crippen molar-refractivity contribution in [3.05, 3.63) is 45.8 Å². The SMILES string of the molecule is N#CC(C#N)=CNCc1cccc(Br)c1F. The number of nitrogens with one attached hydrogen (secondary N) is 1. The van der Waals surface area contributed by atoms with Gasteiger partial charge in [0.2, 0.25) is 0 Å². The minimum atomic E-state index is -0.348. The van der Waals surface area contributed by atoms with Crippen molar-refractivity contribution >= 4 is 15.9 Å². The van der Waals surface area contributed by atoms with Gasteiger partial charge in [0.25, 0.3) is 0 Å². The summed E-state index contributed by atoms with van der Waals surface area (Å²) in [6.45, 7) is 0.220. The van der Waals surface area contributed by atoms with Gasteiger partial charge >= 0.3 is 0 Å². The first-order valence-corrected chi connectivity index (χ1v) is 5.15. The van der Waals surface area contributed by atoms with Crippen LogP contribution >= 0.6 is 15.9 Å². The molecule has 0 saturated carbocycles. The van der Waals surface area contributed by atoms with Crippen LogP contribution < -0.4 is 5.32 Å². The molecule has 1 rings (SSSR count). The van der Waals surface area contributed by atoms with Crippen molar-refractivity contribution in [1.29, 1.82) is 10.5 Å². The van der Waals surface area contributed by atoms with E-state index in [9.17, 15) is 4.39 Å². The van der Waals surface area contributed by atoms with Gasteiger partial charge < -0.3 is 5.32 Å². The van der Waals surface area contributed by atoms with Gasteiger partial charge in [-0.05, 0) is 22.0 Å². The van der Waals surface area contributed by atoms with E-state index in [1.807, 2.05) is 0 Å². The normalized spacial score (nSPS) is 8.75. The van der Waals surface area contributed by atoms with Crippen molar-refractivity contribution in [3.63, 3.8) is 0 Å². The van der Waals surface area contributed by atoms with Crippen molar-refractivity contribution in [1.82, 2.24) is 5.32 Å². The lowest BCUT2D eigenvalue weighted by Gasteiger charge is -2.04. The highest BCUT2D eigenvalue weighted by Crippen LogP contribution is 2.18. The number of nitrogens with zero attached hydrogens (tertiary/aromatic N) is 2. The Balaban J connectivity index is 2.71. The minimum absolute atomic E-state index is 0.0459. The van der Waals surface area contributed by atoms with E-state index in [1.54, 1.807) is 30.3 Å². The Morgan fingerprint density at radius 2 is 2.12 bits per heavy atom. The molecule has 0 amide bonds. The molecule has 0 atom stereocenters. The molecule has 16 heavy (non-hydrogen) atoms. The van der Waals surface area contributed by atoms with E-state index in [2.05, 4.69) is 21.2 Å². The summed E-state index contributed by atoms with van der Waals surface area (Å²) in [5.41, 5.74) is 0.413. The molecule has 0 heterocycles. The molecule has 0 aromatic heterocycles. The highest BCUT2D eigenvalue weighted by Gasteiger charge is 2.04. The zero-order valence-corrected chi connectivity index (χ0v) is 9.75. The Hall–Kier alpha value is -1.85. The molecular weight excluding hydrogens is 273 g/mol. The van der Waals surface area contributed by atoms with E-state index < -0.39 is 0 Å². The molecule has 0 aliphatic rings. The van der Waals surface area contributed by atoms with Crippen molar-refractivity contribution in [3.8, 4) is 12.1 Å². The molecule has 5 heteroatoms. The monoisotopic (exact) mass is 279 g/mol. The number of hydrogen-bond acceptors (Lipinski definition) is 3. The summed E-state index contributed by atoms with van der Waals surface area (Å²) in [6, 6.07) is 8.33. The predicted molar refractivity (Wildman–Crippen MR) is 60.2 cm³/mol. The maximum Gasteiger partial charge on any atom is 0.145 e. The van der Waals surface area contributed by atoms with Crippen LogP contribution in [0.5, 0.6) is 0 Å². The summed E-state index contributed by atoms with van der Waals surface area (Å²) in [6.07, 6.45) is 1.26. The van der Waals surface area contributed by atoms with Crippen molar-refractivity contribution in [2.45, 2.75) is 6.54 Å². The summed E-state index contributed by atoms with van der Waals surface area (Å²) in [4.78, 5) is 0. The Labute approximate surface area is 101 Å². The van der Waals surface area contributed by atoms with E-state index in [4.69, 9.17) is 10.5 Å². The standard InChI is InChI=1S/C11H7BrFN3/c12-10-3-1-2-9(11(10)13)7-16-6-8(4-14)5-15/h1-3,6,16H,7H2. The molecule has 0 spiro atoms. The van der Waals surface area contributed by atoms with Crippen LogP contribution in [0.4, 0.5) is 4.39 Å². The summed E-state index contributed by atoms with van der Waals surface area (Å²) < 4.78 is 13.8. The molecule has 0 aliphatic heterocycles. The molecule has 1 N–H and O–H groups in total. The first-order valence-electron chi connectivity index (χ1n) is 4.35. The predicted octanol–water partition coefficient (Wildman–Crippen LogP) is 2.61. The topological polar surface area (TPSA) is 59.6 Å². The van der Waals surface area contributed by atoms with Gasteiger partial charge in [-0.15, -0.1) is 0 Å². The number of allylic oxidation sites excluding steroid dienone is 1. The Bertz CT molecular complexity index is 481. The van der Waals surface area contributed by atoms with Crippen LogP contribution in [-0.2, 0) is 6.54 Å². The Morgan fingerprint density at radius 1 is 1.44 bits per heavy atom. The molecule has 0 saturated heterocycles. The molecule has 80 valence electrons. The van der Waals surface area contributed by atoms with Crippen LogP contribution in [-0.4, -0.2) is 0 Å². The molecule has 0 bridgehead atoms. The molecule has 3 nitrogen and oxygen atoms in total. The fourth-order valence-corrected chi connectivity index (χ4v) is 1.44. The van der Waals surface area contributed by atoms with Gasteiger partial charge in [-0.1, -0.05) is 12.1 Å². The third-order valence-electron chi connectivity index (χ3n) is 1.81. The third-order valence-corrected chi connectivity index (χ3v) is 2.42. The lowest BCUT2D eigenvalue weighted by atomic mass is 10.2. The highest BCUT2D eigenvalue weighted by molar-refractivity contribution is 9.10. The van der Waals surface area contributed by atoms with Crippen molar-refractivity contribution < 1.29 is 4.39 Å². The number of benzene rings is 1. The maximum atomic E-state index is 13.5. The van der Waals surface area contributed by atoms with Crippen LogP contribution in [0.2, 0.25) is 0 Å². The number of halogens is 2. The van der Waals surface area contributed by atoms with Gasteiger partial charge in [0, 0.05) is 18.3 Å². The van der Waals surface area contributed by atoms with Crippen LogP contribution in [0.15, 0.2) is 34.4 Å². The van der Waals surface area contributed by atoms with E-state index in [-0.39, 0.29) is 17.9 Å². The fraction of sp³-hybridized carbons (Fsp3) is 0.0909. The summed E-state index contributed by atoms with van der Waals surface area (Å²) in [5, 5.41) is 19.6. The molecule has 0 radical (unpaired) electrons. The van der Waals surface area contributed by atoms with E-state index in [0.717, 1.165) is 0 Å². The largest absolute Gasteiger partial charge is 0.385 e. The summed E-state index contributed by atoms with van der Waals surface area (Å²) >= 11 is 3.07. The van der Waals surface area contributed by atoms with Gasteiger partial charge in [0.05, 0.1) is 4.47 Å². The van der Waals surface area contributed by atoms with Gasteiger partial charge in [-0.3, -0.25) is 0 Å². The molecule has 1 aromatic rings. The van der Waals surface area contributed by atoms with Gasteiger partial charge in [0.1, 0.15) is 23.5 Å². The zero-order chi connectivity index (χ0) is 12.0. The van der Waals surface area contributed by atoms with Crippen LogP contribution in [0, 0.1) is 28.5 Å². The van der Waals surface area contributed by atoms with E-state index in [0.29, 0.717) is 10.0 Å². The molecule has 0 fully saturated rings. The second-order valence-electron chi connectivity index (χ2n) is 2.88. The Morgan fingerprint density at radius 3 is 2.75 bits per heavy atom. The second-order valence-corrected chi connectivity index (χ2v) is 3.73. The lowest BCUT2D eigenvalue weighted by Crippen LogP contribution is -2.07. The molecule has 1 aromatic carbocycles. The molecular formula is C11H7BrFN3. The van der Waals surface area contributed by atoms with E-state index in [1.165, 1.54) is 6.20 Å². The number of nitriles is 2. The second kappa shape index (κ2) is 5.89. The number of hydrogen-bond donors (Lipinski definition) is 1. The van der Waals surface area contributed by atoms with Gasteiger partial charge in [0.15, 0.2) is 0 Å². The molecule has 0 aliphatic carbocycles. The Kier molecular flexibility index (Phi) is 4.50. The van der Waals surface area contributed by atoms with Crippen LogP contribution in [0.1, 0.15) is 5.56 Å². The third kappa shape index (κ3) is 3.08. The maximum absolute atomic E-state index is 13.5. The first kappa shape index (κ1) is 12.2. The van der Waals surface area contributed by atoms with Crippen LogP contribution in [0.3, 0.4) is 0 Å². The minimum Gasteiger partial charge on any atom is -0.385 e. The molecule has 0 unspecified atom stereocenters. The zero-order valence-electron chi connectivity index (χ0n) is 8.17. The first-order chi connectivity index (χ1) is 7.69. The summed E-state index contributed by atoms with van der Waals surface area (Å²) in [7, 11) is 0. The quantitative estimate of drug-likeness (QED) is 0.866. The summed E-state index contributed by atoms with van der Waals surface area (Å²) in [5.74, 6) is -0.348. The van der Waals surface area contributed by atoms with Crippen molar-refractivity contribution in [2.24, 2.45) is 0 Å². The number of rotatable bonds is 3. The average Bonchev–Trinajstić information content (AvgIpc) is 2.30. The fourth-order valence-electron chi connectivity index (χ4n) is 1.04.